The predicted molar refractivity (Wildman–Crippen MR) is 121 cm³/mol. The molecule has 4 rings (SSSR count). The zero-order valence-electron chi connectivity index (χ0n) is 17.5. The summed E-state index contributed by atoms with van der Waals surface area (Å²) >= 11 is 0. The highest BCUT2D eigenvalue weighted by Gasteiger charge is 2.37. The summed E-state index contributed by atoms with van der Waals surface area (Å²) in [5, 5.41) is 7.73. The molecule has 1 N–H and O–H groups in total. The van der Waals surface area contributed by atoms with Gasteiger partial charge in [0, 0.05) is 45.3 Å². The number of halogens is 1. The number of benzene rings is 2. The van der Waals surface area contributed by atoms with Crippen LogP contribution in [0.15, 0.2) is 67.0 Å². The highest BCUT2D eigenvalue weighted by molar-refractivity contribution is 5.85. The normalized spacial score (nSPS) is 18.1. The Morgan fingerprint density at radius 1 is 1.10 bits per heavy atom. The Bertz CT molecular complexity index is 972. The fourth-order valence-corrected chi connectivity index (χ4v) is 4.16. The van der Waals surface area contributed by atoms with Crippen molar-refractivity contribution in [2.75, 3.05) is 13.1 Å². The van der Waals surface area contributed by atoms with E-state index >= 15 is 0 Å². The summed E-state index contributed by atoms with van der Waals surface area (Å²) in [4.78, 5) is 15.7. The number of nitrogens with one attached hydrogen (secondary N) is 1. The van der Waals surface area contributed by atoms with Gasteiger partial charge in [0.2, 0.25) is 5.91 Å². The third-order valence-electron chi connectivity index (χ3n) is 5.83. The van der Waals surface area contributed by atoms with Gasteiger partial charge in [0.05, 0.1) is 12.1 Å². The minimum Gasteiger partial charge on any atom is -0.334 e. The monoisotopic (exact) mass is 424 g/mol. The molecule has 6 heteroatoms. The Hall–Kier alpha value is -2.63. The van der Waals surface area contributed by atoms with Gasteiger partial charge in [-0.25, -0.2) is 0 Å². The third-order valence-corrected chi connectivity index (χ3v) is 5.83. The van der Waals surface area contributed by atoms with E-state index in [1.807, 2.05) is 59.4 Å². The molecule has 0 bridgehead atoms. The van der Waals surface area contributed by atoms with E-state index in [2.05, 4.69) is 41.6 Å². The lowest BCUT2D eigenvalue weighted by molar-refractivity contribution is -0.136. The molecule has 1 saturated heterocycles. The predicted octanol–water partition coefficient (Wildman–Crippen LogP) is 3.68. The van der Waals surface area contributed by atoms with Crippen molar-refractivity contribution in [3.8, 4) is 0 Å². The van der Waals surface area contributed by atoms with Crippen LogP contribution in [0.2, 0.25) is 0 Å². The molecular formula is C24H29ClN4O. The molecule has 0 radical (unpaired) electrons. The lowest BCUT2D eigenvalue weighted by Gasteiger charge is -2.28. The van der Waals surface area contributed by atoms with Crippen LogP contribution in [0, 0.1) is 12.8 Å². The van der Waals surface area contributed by atoms with Gasteiger partial charge in [0.1, 0.15) is 0 Å². The Balaban J connectivity index is 0.00000256. The maximum Gasteiger partial charge on any atom is 0.228 e. The van der Waals surface area contributed by atoms with Gasteiger partial charge in [-0.2, -0.15) is 5.10 Å². The van der Waals surface area contributed by atoms with Crippen LogP contribution in [0.5, 0.6) is 0 Å². The summed E-state index contributed by atoms with van der Waals surface area (Å²) in [5.74, 6) is 0.286. The van der Waals surface area contributed by atoms with Crippen LogP contribution >= 0.6 is 12.4 Å². The van der Waals surface area contributed by atoms with E-state index in [1.165, 1.54) is 11.1 Å². The zero-order valence-corrected chi connectivity index (χ0v) is 18.3. The van der Waals surface area contributed by atoms with Gasteiger partial charge in [-0.3, -0.25) is 9.48 Å². The van der Waals surface area contributed by atoms with Crippen molar-refractivity contribution in [1.82, 2.24) is 20.0 Å². The van der Waals surface area contributed by atoms with Gasteiger partial charge in [0.15, 0.2) is 0 Å². The Labute approximate surface area is 184 Å². The first kappa shape index (κ1) is 22.1. The molecule has 2 heterocycles. The summed E-state index contributed by atoms with van der Waals surface area (Å²) in [7, 11) is 1.92. The van der Waals surface area contributed by atoms with E-state index in [4.69, 9.17) is 0 Å². The van der Waals surface area contributed by atoms with E-state index in [1.54, 1.807) is 0 Å². The third kappa shape index (κ3) is 4.91. The molecule has 0 spiro atoms. The minimum absolute atomic E-state index is 0. The second kappa shape index (κ2) is 9.92. The smallest absolute Gasteiger partial charge is 0.228 e. The summed E-state index contributed by atoms with van der Waals surface area (Å²) in [6.07, 6.45) is 3.92. The van der Waals surface area contributed by atoms with Crippen LogP contribution in [-0.4, -0.2) is 33.7 Å². The number of amides is 1. The van der Waals surface area contributed by atoms with E-state index in [9.17, 15) is 4.79 Å². The van der Waals surface area contributed by atoms with Gasteiger partial charge in [-0.1, -0.05) is 54.6 Å². The molecule has 3 aromatic rings. The van der Waals surface area contributed by atoms with Crippen molar-refractivity contribution in [2.45, 2.75) is 25.9 Å². The first-order chi connectivity index (χ1) is 14.1. The standard InChI is InChI=1S/C24H28N4O.ClH/c1-18-8-6-7-11-20(18)17-28(15-19-9-4-3-5-10-19)24(29)23-14-25-13-22(23)21-12-26-27(2)16-21;/h3-12,16,22-23,25H,13-15,17H2,1-2H3;1H/t22-,23+;/m1./s1. The summed E-state index contributed by atoms with van der Waals surface area (Å²) in [5.41, 5.74) is 4.69. The van der Waals surface area contributed by atoms with Crippen molar-refractivity contribution in [2.24, 2.45) is 13.0 Å². The minimum atomic E-state index is -0.0769. The molecule has 1 aliphatic heterocycles. The van der Waals surface area contributed by atoms with Gasteiger partial charge in [-0.15, -0.1) is 12.4 Å². The Morgan fingerprint density at radius 3 is 2.53 bits per heavy atom. The zero-order chi connectivity index (χ0) is 20.2. The van der Waals surface area contributed by atoms with Crippen molar-refractivity contribution >= 4 is 18.3 Å². The molecule has 2 aromatic carbocycles. The number of carbonyl (C=O) groups excluding carboxylic acids is 1. The largest absolute Gasteiger partial charge is 0.334 e. The molecule has 1 fully saturated rings. The number of rotatable bonds is 6. The highest BCUT2D eigenvalue weighted by atomic mass is 35.5. The molecule has 1 amide bonds. The van der Waals surface area contributed by atoms with Crippen LogP contribution in [0.4, 0.5) is 0 Å². The fraction of sp³-hybridized carbons (Fsp3) is 0.333. The van der Waals surface area contributed by atoms with Crippen molar-refractivity contribution in [3.63, 3.8) is 0 Å². The second-order valence-corrected chi connectivity index (χ2v) is 7.92. The van der Waals surface area contributed by atoms with Crippen LogP contribution in [0.25, 0.3) is 0 Å². The molecule has 158 valence electrons. The molecule has 0 saturated carbocycles. The topological polar surface area (TPSA) is 50.2 Å². The van der Waals surface area contributed by atoms with Gasteiger partial charge >= 0.3 is 0 Å². The quantitative estimate of drug-likeness (QED) is 0.656. The van der Waals surface area contributed by atoms with Crippen molar-refractivity contribution in [3.05, 3.63) is 89.2 Å². The maximum atomic E-state index is 13.7. The van der Waals surface area contributed by atoms with Crippen LogP contribution in [0.3, 0.4) is 0 Å². The van der Waals surface area contributed by atoms with Crippen molar-refractivity contribution < 1.29 is 4.79 Å². The number of hydrogen-bond donors (Lipinski definition) is 1. The number of hydrogen-bond acceptors (Lipinski definition) is 3. The summed E-state index contributed by atoms with van der Waals surface area (Å²) < 4.78 is 1.81. The molecule has 30 heavy (non-hydrogen) atoms. The molecule has 2 atom stereocenters. The maximum absolute atomic E-state index is 13.7. The number of nitrogens with zero attached hydrogens (tertiary/aromatic N) is 3. The van der Waals surface area contributed by atoms with Crippen LogP contribution in [0.1, 0.15) is 28.2 Å². The fourth-order valence-electron chi connectivity index (χ4n) is 4.16. The molecule has 0 unspecified atom stereocenters. The molecular weight excluding hydrogens is 396 g/mol. The first-order valence-electron chi connectivity index (χ1n) is 10.2. The average Bonchev–Trinajstić information content (AvgIpc) is 3.38. The summed E-state index contributed by atoms with van der Waals surface area (Å²) in [6.45, 7) is 4.86. The van der Waals surface area contributed by atoms with E-state index in [0.29, 0.717) is 19.6 Å². The summed E-state index contributed by atoms with van der Waals surface area (Å²) in [6, 6.07) is 18.6. The number of aryl methyl sites for hydroxylation is 2. The lowest BCUT2D eigenvalue weighted by atomic mass is 9.89. The lowest BCUT2D eigenvalue weighted by Crippen LogP contribution is -2.38. The average molecular weight is 425 g/mol. The van der Waals surface area contributed by atoms with E-state index in [-0.39, 0.29) is 30.2 Å². The second-order valence-electron chi connectivity index (χ2n) is 7.92. The molecule has 0 aliphatic carbocycles. The van der Waals surface area contributed by atoms with E-state index in [0.717, 1.165) is 17.7 Å². The van der Waals surface area contributed by atoms with Gasteiger partial charge < -0.3 is 10.2 Å². The van der Waals surface area contributed by atoms with Crippen LogP contribution in [-0.2, 0) is 24.9 Å². The SMILES string of the molecule is Cc1ccccc1CN(Cc1ccccc1)C(=O)[C@H]1CNC[C@@H]1c1cnn(C)c1.Cl. The highest BCUT2D eigenvalue weighted by Crippen LogP contribution is 2.30. The number of aromatic nitrogens is 2. The molecule has 1 aromatic heterocycles. The Morgan fingerprint density at radius 2 is 1.83 bits per heavy atom. The Kier molecular flexibility index (Phi) is 7.29. The molecule has 1 aliphatic rings. The van der Waals surface area contributed by atoms with Gasteiger partial charge in [-0.05, 0) is 29.2 Å². The van der Waals surface area contributed by atoms with Crippen molar-refractivity contribution in [1.29, 1.82) is 0 Å². The van der Waals surface area contributed by atoms with Gasteiger partial charge in [0.25, 0.3) is 0 Å². The van der Waals surface area contributed by atoms with E-state index < -0.39 is 0 Å². The first-order valence-corrected chi connectivity index (χ1v) is 10.2. The number of carbonyl (C=O) groups is 1. The van der Waals surface area contributed by atoms with Crippen LogP contribution < -0.4 is 5.32 Å². The molecule has 5 nitrogen and oxygen atoms in total.